The minimum Gasteiger partial charge on any atom is -0.318 e. The molecule has 0 atom stereocenters. The second-order valence-corrected chi connectivity index (χ2v) is 5.43. The van der Waals surface area contributed by atoms with E-state index in [2.05, 4.69) is 15.4 Å². The number of aromatic nitrogens is 3. The Morgan fingerprint density at radius 1 is 1.45 bits per heavy atom. The standard InChI is InChI=1S/C14H15ClN4O/c15-13-6-2-5-12(18-13)14(20)17-11-7-16-19(9-11)8-10-3-1-4-10/h2,5-7,9-10H,1,3-4,8H2,(H,17,20). The molecule has 1 aliphatic carbocycles. The molecule has 0 spiro atoms. The molecule has 0 bridgehead atoms. The summed E-state index contributed by atoms with van der Waals surface area (Å²) in [4.78, 5) is 16.0. The summed E-state index contributed by atoms with van der Waals surface area (Å²) < 4.78 is 1.88. The van der Waals surface area contributed by atoms with Gasteiger partial charge in [0.2, 0.25) is 0 Å². The summed E-state index contributed by atoms with van der Waals surface area (Å²) in [6, 6.07) is 4.96. The molecule has 1 aliphatic rings. The van der Waals surface area contributed by atoms with E-state index < -0.39 is 0 Å². The second kappa shape index (κ2) is 5.63. The Kier molecular flexibility index (Phi) is 3.69. The lowest BCUT2D eigenvalue weighted by Gasteiger charge is -2.24. The number of nitrogens with zero attached hydrogens (tertiary/aromatic N) is 3. The first-order valence-electron chi connectivity index (χ1n) is 6.67. The largest absolute Gasteiger partial charge is 0.318 e. The summed E-state index contributed by atoms with van der Waals surface area (Å²) >= 11 is 5.77. The molecule has 1 fully saturated rings. The topological polar surface area (TPSA) is 59.8 Å². The van der Waals surface area contributed by atoms with Gasteiger partial charge in [0.25, 0.3) is 5.91 Å². The van der Waals surface area contributed by atoms with Crippen molar-refractivity contribution in [3.05, 3.63) is 41.4 Å². The van der Waals surface area contributed by atoms with Crippen LogP contribution in [0.5, 0.6) is 0 Å². The van der Waals surface area contributed by atoms with Gasteiger partial charge < -0.3 is 5.32 Å². The monoisotopic (exact) mass is 290 g/mol. The normalized spacial score (nSPS) is 14.8. The van der Waals surface area contributed by atoms with Crippen molar-refractivity contribution in [3.63, 3.8) is 0 Å². The number of anilines is 1. The molecule has 6 heteroatoms. The van der Waals surface area contributed by atoms with Crippen molar-refractivity contribution >= 4 is 23.2 Å². The first-order chi connectivity index (χ1) is 9.70. The quantitative estimate of drug-likeness (QED) is 0.881. The molecule has 0 aromatic carbocycles. The SMILES string of the molecule is O=C(Nc1cnn(CC2CCC2)c1)c1cccc(Cl)n1. The molecule has 1 amide bonds. The Morgan fingerprint density at radius 3 is 3.00 bits per heavy atom. The predicted molar refractivity (Wildman–Crippen MR) is 76.8 cm³/mol. The summed E-state index contributed by atoms with van der Waals surface area (Å²) in [6.07, 6.45) is 7.36. The minimum atomic E-state index is -0.282. The van der Waals surface area contributed by atoms with Gasteiger partial charge >= 0.3 is 0 Å². The molecule has 3 rings (SSSR count). The number of amides is 1. The number of carbonyl (C=O) groups is 1. The second-order valence-electron chi connectivity index (χ2n) is 5.05. The Labute approximate surface area is 122 Å². The van der Waals surface area contributed by atoms with Gasteiger partial charge in [-0.15, -0.1) is 0 Å². The van der Waals surface area contributed by atoms with Crippen LogP contribution in [0.25, 0.3) is 0 Å². The van der Waals surface area contributed by atoms with E-state index in [-0.39, 0.29) is 5.91 Å². The Balaban J connectivity index is 1.63. The maximum absolute atomic E-state index is 12.0. The highest BCUT2D eigenvalue weighted by atomic mass is 35.5. The molecule has 5 nitrogen and oxygen atoms in total. The molecule has 2 heterocycles. The van der Waals surface area contributed by atoms with Crippen LogP contribution in [-0.4, -0.2) is 20.7 Å². The molecule has 0 unspecified atom stereocenters. The Morgan fingerprint density at radius 2 is 2.30 bits per heavy atom. The number of pyridine rings is 1. The third-order valence-electron chi connectivity index (χ3n) is 3.51. The summed E-state index contributed by atoms with van der Waals surface area (Å²) in [6.45, 7) is 0.922. The predicted octanol–water partition coefficient (Wildman–Crippen LogP) is 2.98. The molecule has 2 aromatic rings. The van der Waals surface area contributed by atoms with Crippen molar-refractivity contribution in [3.8, 4) is 0 Å². The van der Waals surface area contributed by atoms with E-state index >= 15 is 0 Å². The van der Waals surface area contributed by atoms with Gasteiger partial charge in [0, 0.05) is 12.7 Å². The molecule has 104 valence electrons. The number of halogens is 1. The van der Waals surface area contributed by atoms with Crippen molar-refractivity contribution in [2.24, 2.45) is 5.92 Å². The van der Waals surface area contributed by atoms with Crippen LogP contribution >= 0.6 is 11.6 Å². The van der Waals surface area contributed by atoms with Crippen LogP contribution < -0.4 is 5.32 Å². The van der Waals surface area contributed by atoms with Crippen molar-refractivity contribution < 1.29 is 4.79 Å². The number of carbonyl (C=O) groups excluding carboxylic acids is 1. The van der Waals surface area contributed by atoms with Gasteiger partial charge in [-0.05, 0) is 30.9 Å². The van der Waals surface area contributed by atoms with E-state index in [0.717, 1.165) is 12.5 Å². The van der Waals surface area contributed by atoms with Crippen LogP contribution in [0.1, 0.15) is 29.8 Å². The summed E-state index contributed by atoms with van der Waals surface area (Å²) in [5, 5.41) is 7.33. The van der Waals surface area contributed by atoms with E-state index in [1.165, 1.54) is 19.3 Å². The molecule has 0 saturated heterocycles. The molecule has 2 aromatic heterocycles. The molecule has 1 N–H and O–H groups in total. The smallest absolute Gasteiger partial charge is 0.274 e. The fourth-order valence-electron chi connectivity index (χ4n) is 2.20. The van der Waals surface area contributed by atoms with Crippen LogP contribution in [0.15, 0.2) is 30.6 Å². The lowest BCUT2D eigenvalue weighted by Crippen LogP contribution is -2.18. The molecule has 1 saturated carbocycles. The maximum atomic E-state index is 12.0. The Hall–Kier alpha value is -1.88. The first kappa shape index (κ1) is 13.1. The zero-order valence-electron chi connectivity index (χ0n) is 10.9. The number of hydrogen-bond acceptors (Lipinski definition) is 3. The molecular formula is C14H15ClN4O. The highest BCUT2D eigenvalue weighted by Crippen LogP contribution is 2.27. The van der Waals surface area contributed by atoms with Crippen LogP contribution in [0.4, 0.5) is 5.69 Å². The third kappa shape index (κ3) is 2.99. The third-order valence-corrected chi connectivity index (χ3v) is 3.72. The van der Waals surface area contributed by atoms with Gasteiger partial charge in [-0.1, -0.05) is 24.1 Å². The van der Waals surface area contributed by atoms with Gasteiger partial charge in [0.15, 0.2) is 0 Å². The van der Waals surface area contributed by atoms with Crippen LogP contribution in [0.3, 0.4) is 0 Å². The maximum Gasteiger partial charge on any atom is 0.274 e. The van der Waals surface area contributed by atoms with Gasteiger partial charge in [-0.2, -0.15) is 5.10 Å². The van der Waals surface area contributed by atoms with E-state index in [1.54, 1.807) is 24.4 Å². The van der Waals surface area contributed by atoms with Crippen LogP contribution in [-0.2, 0) is 6.54 Å². The average Bonchev–Trinajstić information content (AvgIpc) is 2.81. The summed E-state index contributed by atoms with van der Waals surface area (Å²) in [7, 11) is 0. The van der Waals surface area contributed by atoms with Crippen molar-refractivity contribution in [2.45, 2.75) is 25.8 Å². The highest BCUT2D eigenvalue weighted by Gasteiger charge is 2.18. The average molecular weight is 291 g/mol. The van der Waals surface area contributed by atoms with Gasteiger partial charge in [0.1, 0.15) is 10.8 Å². The van der Waals surface area contributed by atoms with Crippen molar-refractivity contribution in [1.29, 1.82) is 0 Å². The first-order valence-corrected chi connectivity index (χ1v) is 7.05. The number of hydrogen-bond donors (Lipinski definition) is 1. The number of nitrogens with one attached hydrogen (secondary N) is 1. The number of rotatable bonds is 4. The molecule has 20 heavy (non-hydrogen) atoms. The van der Waals surface area contributed by atoms with Gasteiger partial charge in [-0.25, -0.2) is 4.98 Å². The van der Waals surface area contributed by atoms with E-state index in [0.29, 0.717) is 16.5 Å². The molecular weight excluding hydrogens is 276 g/mol. The van der Waals surface area contributed by atoms with Crippen LogP contribution in [0, 0.1) is 5.92 Å². The van der Waals surface area contributed by atoms with E-state index in [1.807, 2.05) is 10.9 Å². The lowest BCUT2D eigenvalue weighted by molar-refractivity contribution is 0.102. The molecule has 0 aliphatic heterocycles. The van der Waals surface area contributed by atoms with Crippen molar-refractivity contribution in [1.82, 2.24) is 14.8 Å². The zero-order valence-corrected chi connectivity index (χ0v) is 11.7. The summed E-state index contributed by atoms with van der Waals surface area (Å²) in [5.74, 6) is 0.448. The van der Waals surface area contributed by atoms with Crippen molar-refractivity contribution in [2.75, 3.05) is 5.32 Å². The summed E-state index contributed by atoms with van der Waals surface area (Å²) in [5.41, 5.74) is 0.973. The fraction of sp³-hybridized carbons (Fsp3) is 0.357. The minimum absolute atomic E-state index is 0.282. The van der Waals surface area contributed by atoms with Gasteiger partial charge in [0.05, 0.1) is 11.9 Å². The molecule has 0 radical (unpaired) electrons. The fourth-order valence-corrected chi connectivity index (χ4v) is 2.36. The lowest BCUT2D eigenvalue weighted by atomic mass is 9.85. The van der Waals surface area contributed by atoms with Crippen LogP contribution in [0.2, 0.25) is 5.15 Å². The zero-order chi connectivity index (χ0) is 13.9. The Bertz CT molecular complexity index is 621. The van der Waals surface area contributed by atoms with E-state index in [4.69, 9.17) is 11.6 Å². The van der Waals surface area contributed by atoms with E-state index in [9.17, 15) is 4.79 Å². The van der Waals surface area contributed by atoms with Gasteiger partial charge in [-0.3, -0.25) is 9.48 Å². The highest BCUT2D eigenvalue weighted by molar-refractivity contribution is 6.29.